The molecule has 9 heteroatoms. The maximum atomic E-state index is 13.2. The summed E-state index contributed by atoms with van der Waals surface area (Å²) >= 11 is 0. The van der Waals surface area contributed by atoms with Crippen molar-refractivity contribution in [3.8, 4) is 40.2 Å². The SMILES string of the molecule is CCCCCCCCCCCCOc1cc(COc2cc(C(=O)O)cc(OCc3ccc4ccc5cccc6ccc3c4c56)c2OCc2cc(OCCCCCCCCCCCC)cc(OCCCCCCCCCCCC)c2)cc(OCCCCCCCCCCCC)c1. The lowest BCUT2D eigenvalue weighted by Gasteiger charge is -2.20. The molecule has 0 spiro atoms. The van der Waals surface area contributed by atoms with Gasteiger partial charge in [-0.15, -0.1) is 0 Å². The van der Waals surface area contributed by atoms with Gasteiger partial charge in [-0.05, 0) is 111 Å². The van der Waals surface area contributed by atoms with Crippen LogP contribution < -0.4 is 33.2 Å². The molecule has 1 N–H and O–H groups in total. The maximum Gasteiger partial charge on any atom is 0.335 e. The van der Waals surface area contributed by atoms with Crippen LogP contribution >= 0.6 is 0 Å². The highest BCUT2D eigenvalue weighted by Crippen LogP contribution is 2.43. The van der Waals surface area contributed by atoms with Crippen molar-refractivity contribution in [2.45, 2.75) is 304 Å². The highest BCUT2D eigenvalue weighted by molar-refractivity contribution is 6.23. The van der Waals surface area contributed by atoms with E-state index < -0.39 is 5.97 Å². The number of hydrogen-bond acceptors (Lipinski definition) is 8. The van der Waals surface area contributed by atoms with E-state index in [0.717, 1.165) is 102 Å². The third kappa shape index (κ3) is 28.7. The summed E-state index contributed by atoms with van der Waals surface area (Å²) in [6, 6.07) is 34.7. The highest BCUT2D eigenvalue weighted by Gasteiger charge is 2.22. The number of benzene rings is 7. The highest BCUT2D eigenvalue weighted by atomic mass is 16.5. The van der Waals surface area contributed by atoms with Crippen LogP contribution in [0.15, 0.2) is 103 Å². The average Bonchev–Trinajstić information content (AvgIpc) is 0.746. The summed E-state index contributed by atoms with van der Waals surface area (Å²) in [6.45, 7) is 11.9. The van der Waals surface area contributed by atoms with Crippen molar-refractivity contribution in [2.24, 2.45) is 0 Å². The van der Waals surface area contributed by atoms with Gasteiger partial charge in [0.2, 0.25) is 5.75 Å². The van der Waals surface area contributed by atoms with Gasteiger partial charge in [0.1, 0.15) is 42.8 Å². The number of ether oxygens (including phenoxy) is 7. The molecule has 7 aromatic carbocycles. The zero-order valence-electron chi connectivity index (χ0n) is 59.8. The van der Waals surface area contributed by atoms with Gasteiger partial charge in [0.15, 0.2) is 11.5 Å². The molecule has 0 heterocycles. The molecule has 0 saturated carbocycles. The molecule has 95 heavy (non-hydrogen) atoms. The molecule has 0 bridgehead atoms. The first-order valence-corrected chi connectivity index (χ1v) is 38.6. The minimum Gasteiger partial charge on any atom is -0.493 e. The maximum absolute atomic E-state index is 13.2. The number of aromatic carboxylic acids is 1. The Bertz CT molecular complexity index is 3060. The first kappa shape index (κ1) is 76.0. The summed E-state index contributed by atoms with van der Waals surface area (Å²) in [6.07, 6.45) is 50.3. The van der Waals surface area contributed by atoms with E-state index in [2.05, 4.69) is 82.3 Å². The molecule has 522 valence electrons. The topological polar surface area (TPSA) is 102 Å². The lowest BCUT2D eigenvalue weighted by Crippen LogP contribution is -2.08. The van der Waals surface area contributed by atoms with Gasteiger partial charge in [-0.1, -0.05) is 313 Å². The van der Waals surface area contributed by atoms with Crippen LogP contribution in [0.1, 0.15) is 312 Å². The van der Waals surface area contributed by atoms with Crippen LogP contribution in [-0.4, -0.2) is 37.5 Å². The van der Waals surface area contributed by atoms with Crippen molar-refractivity contribution in [2.75, 3.05) is 26.4 Å². The van der Waals surface area contributed by atoms with Crippen LogP contribution in [0.2, 0.25) is 0 Å². The van der Waals surface area contributed by atoms with Crippen LogP contribution in [0, 0.1) is 0 Å². The van der Waals surface area contributed by atoms with Crippen LogP contribution in [0.3, 0.4) is 0 Å². The Morgan fingerprint density at radius 1 is 0.305 bits per heavy atom. The molecule has 7 rings (SSSR count). The second-order valence-corrected chi connectivity index (χ2v) is 27.3. The minimum absolute atomic E-state index is 0.0249. The average molecular weight is 1300 g/mol. The molecule has 0 amide bonds. The van der Waals surface area contributed by atoms with Crippen LogP contribution in [0.5, 0.6) is 40.2 Å². The number of hydrogen-bond donors (Lipinski definition) is 1. The van der Waals surface area contributed by atoms with Crippen LogP contribution in [-0.2, 0) is 19.8 Å². The molecule has 0 fully saturated rings. The Balaban J connectivity index is 1.12. The summed E-state index contributed by atoms with van der Waals surface area (Å²) < 4.78 is 46.8. The van der Waals surface area contributed by atoms with E-state index in [1.165, 1.54) is 227 Å². The largest absolute Gasteiger partial charge is 0.493 e. The second-order valence-electron chi connectivity index (χ2n) is 27.3. The van der Waals surface area contributed by atoms with Crippen molar-refractivity contribution in [3.63, 3.8) is 0 Å². The lowest BCUT2D eigenvalue weighted by atomic mass is 9.92. The van der Waals surface area contributed by atoms with Gasteiger partial charge in [-0.2, -0.15) is 0 Å². The fourth-order valence-electron chi connectivity index (χ4n) is 13.3. The van der Waals surface area contributed by atoms with Gasteiger partial charge < -0.3 is 38.3 Å². The van der Waals surface area contributed by atoms with Gasteiger partial charge in [0, 0.05) is 12.1 Å². The molecule has 0 aromatic heterocycles. The first-order valence-electron chi connectivity index (χ1n) is 38.6. The fraction of sp³-hybridized carbons (Fsp3) is 0.593. The molecule has 0 atom stereocenters. The molecule has 0 aliphatic heterocycles. The molecule has 0 aliphatic rings. The zero-order valence-corrected chi connectivity index (χ0v) is 59.8. The van der Waals surface area contributed by atoms with Crippen LogP contribution in [0.4, 0.5) is 0 Å². The summed E-state index contributed by atoms with van der Waals surface area (Å²) in [4.78, 5) is 13.2. The summed E-state index contributed by atoms with van der Waals surface area (Å²) in [5, 5.41) is 17.8. The van der Waals surface area contributed by atoms with Crippen molar-refractivity contribution in [3.05, 3.63) is 125 Å². The van der Waals surface area contributed by atoms with E-state index in [-0.39, 0.29) is 36.9 Å². The predicted molar refractivity (Wildman–Crippen MR) is 399 cm³/mol. The molecule has 7 aromatic rings. The summed E-state index contributed by atoms with van der Waals surface area (Å²) in [5.74, 6) is 2.67. The molecule has 0 unspecified atom stereocenters. The summed E-state index contributed by atoms with van der Waals surface area (Å²) in [5.41, 5.74) is 2.69. The van der Waals surface area contributed by atoms with E-state index in [0.29, 0.717) is 32.2 Å². The van der Waals surface area contributed by atoms with Crippen molar-refractivity contribution in [1.29, 1.82) is 0 Å². The summed E-state index contributed by atoms with van der Waals surface area (Å²) in [7, 11) is 0. The lowest BCUT2D eigenvalue weighted by molar-refractivity contribution is 0.0695. The number of carboxylic acid groups (broad SMARTS) is 1. The Labute approximate surface area is 574 Å². The van der Waals surface area contributed by atoms with Crippen molar-refractivity contribution in [1.82, 2.24) is 0 Å². The van der Waals surface area contributed by atoms with E-state index in [9.17, 15) is 9.90 Å². The monoisotopic (exact) mass is 1300 g/mol. The Hall–Kier alpha value is -6.35. The molecule has 9 nitrogen and oxygen atoms in total. The Morgan fingerprint density at radius 3 is 0.968 bits per heavy atom. The normalized spacial score (nSPS) is 11.5. The molecular weight excluding hydrogens is 1180 g/mol. The van der Waals surface area contributed by atoms with E-state index >= 15 is 0 Å². The number of carboxylic acids is 1. The number of carbonyl (C=O) groups is 1. The van der Waals surface area contributed by atoms with Gasteiger partial charge in [-0.3, -0.25) is 0 Å². The smallest absolute Gasteiger partial charge is 0.335 e. The molecular formula is C86H124O9. The minimum atomic E-state index is -1.10. The van der Waals surface area contributed by atoms with Crippen molar-refractivity contribution >= 4 is 38.3 Å². The quantitative estimate of drug-likeness (QED) is 0.0295. The number of unbranched alkanes of at least 4 members (excludes halogenated alkanes) is 36. The molecule has 0 radical (unpaired) electrons. The molecule has 0 saturated heterocycles. The van der Waals surface area contributed by atoms with Gasteiger partial charge in [-0.25, -0.2) is 4.79 Å². The van der Waals surface area contributed by atoms with E-state index in [4.69, 9.17) is 33.2 Å². The number of rotatable bonds is 58. The third-order valence-corrected chi connectivity index (χ3v) is 19.0. The Kier molecular flexibility index (Phi) is 37.4. The zero-order chi connectivity index (χ0) is 66.6. The standard InChI is InChI=1S/C86H124O9/c1-5-9-13-17-21-25-29-33-37-41-54-89-76-58-69(59-77(64-76)90-55-42-38-34-30-26-22-18-14-10-6-2)66-93-81-62-75(86(87)88)63-82(94-68-74-51-50-73-49-48-71-46-45-47-72-52-53-80(74)84(73)83(71)72)85(81)95-67-70-60-78(91-56-43-39-35-31-27-23-19-15-11-7-3)65-79(61-70)92-57-44-40-36-32-28-24-20-16-12-8-4/h45-53,58-65H,5-44,54-57,66-68H2,1-4H3,(H,87,88). The Morgan fingerprint density at radius 2 is 0.611 bits per heavy atom. The van der Waals surface area contributed by atoms with Gasteiger partial charge >= 0.3 is 5.97 Å². The van der Waals surface area contributed by atoms with E-state index in [1.807, 2.05) is 36.4 Å². The molecule has 0 aliphatic carbocycles. The second kappa shape index (κ2) is 46.7. The third-order valence-electron chi connectivity index (χ3n) is 19.0. The van der Waals surface area contributed by atoms with Gasteiger partial charge in [0.05, 0.1) is 32.0 Å². The van der Waals surface area contributed by atoms with Crippen LogP contribution in [0.25, 0.3) is 32.3 Å². The van der Waals surface area contributed by atoms with Gasteiger partial charge in [0.25, 0.3) is 0 Å². The predicted octanol–water partition coefficient (Wildman–Crippen LogP) is 26.2. The first-order chi connectivity index (χ1) is 46.9. The fourth-order valence-corrected chi connectivity index (χ4v) is 13.3. The van der Waals surface area contributed by atoms with Crippen molar-refractivity contribution < 1.29 is 43.1 Å². The van der Waals surface area contributed by atoms with E-state index in [1.54, 1.807) is 12.1 Å².